The standard InChI is InChI=1S/C22H17ClF3N3O3S/c23-17-8-6-9-18(13-17)29(33(31,32)19-10-2-1-3-11-19)15-21(30)28-27-14-16-7-4-5-12-20(16)22(24,25)26/h1-14H,15H2,(H,28,30)/b27-14-. The van der Waals surface area contributed by atoms with Gasteiger partial charge >= 0.3 is 6.18 Å². The van der Waals surface area contributed by atoms with E-state index in [-0.39, 0.29) is 21.2 Å². The second kappa shape index (κ2) is 10.1. The molecule has 0 saturated heterocycles. The molecule has 0 aromatic heterocycles. The number of nitrogens with zero attached hydrogens (tertiary/aromatic N) is 2. The number of alkyl halides is 3. The summed E-state index contributed by atoms with van der Waals surface area (Å²) in [4.78, 5) is 12.4. The summed E-state index contributed by atoms with van der Waals surface area (Å²) in [5, 5.41) is 3.82. The summed E-state index contributed by atoms with van der Waals surface area (Å²) in [5.41, 5.74) is 1.03. The summed E-state index contributed by atoms with van der Waals surface area (Å²) in [6.07, 6.45) is -3.75. The number of nitrogens with one attached hydrogen (secondary N) is 1. The van der Waals surface area contributed by atoms with Gasteiger partial charge in [-0.15, -0.1) is 0 Å². The molecule has 0 atom stereocenters. The smallest absolute Gasteiger partial charge is 0.271 e. The van der Waals surface area contributed by atoms with Crippen molar-refractivity contribution in [3.8, 4) is 0 Å². The van der Waals surface area contributed by atoms with E-state index in [4.69, 9.17) is 11.6 Å². The molecule has 0 unspecified atom stereocenters. The Morgan fingerprint density at radius 1 is 1.00 bits per heavy atom. The van der Waals surface area contributed by atoms with Gasteiger partial charge in [0.25, 0.3) is 15.9 Å². The van der Waals surface area contributed by atoms with Crippen LogP contribution in [0.3, 0.4) is 0 Å². The number of carbonyl (C=O) groups excluding carboxylic acids is 1. The Kier molecular flexibility index (Phi) is 7.39. The molecule has 0 radical (unpaired) electrons. The molecule has 3 aromatic carbocycles. The molecule has 0 bridgehead atoms. The predicted octanol–water partition coefficient (Wildman–Crippen LogP) is 4.70. The van der Waals surface area contributed by atoms with E-state index in [9.17, 15) is 26.4 Å². The molecule has 0 saturated carbocycles. The van der Waals surface area contributed by atoms with Gasteiger partial charge in [0.2, 0.25) is 0 Å². The number of hydrazone groups is 1. The largest absolute Gasteiger partial charge is 0.417 e. The van der Waals surface area contributed by atoms with Crippen LogP contribution in [-0.2, 0) is 21.0 Å². The number of carbonyl (C=O) groups is 1. The van der Waals surface area contributed by atoms with Crippen LogP contribution in [0.5, 0.6) is 0 Å². The fraction of sp³-hybridized carbons (Fsp3) is 0.0909. The molecule has 11 heteroatoms. The lowest BCUT2D eigenvalue weighted by Crippen LogP contribution is -2.39. The van der Waals surface area contributed by atoms with E-state index in [1.165, 1.54) is 60.7 Å². The first-order valence-electron chi connectivity index (χ1n) is 9.40. The molecule has 0 heterocycles. The van der Waals surface area contributed by atoms with E-state index in [2.05, 4.69) is 10.5 Å². The van der Waals surface area contributed by atoms with Crippen LogP contribution in [0.15, 0.2) is 88.9 Å². The van der Waals surface area contributed by atoms with E-state index < -0.39 is 34.2 Å². The SMILES string of the molecule is O=C(CN(c1cccc(Cl)c1)S(=O)(=O)c1ccccc1)N/N=C\c1ccccc1C(F)(F)F. The molecule has 1 N–H and O–H groups in total. The van der Waals surface area contributed by atoms with Gasteiger partial charge in [-0.1, -0.05) is 54.1 Å². The highest BCUT2D eigenvalue weighted by atomic mass is 35.5. The summed E-state index contributed by atoms with van der Waals surface area (Å²) < 4.78 is 66.4. The maximum absolute atomic E-state index is 13.2. The average Bonchev–Trinajstić information content (AvgIpc) is 2.77. The normalized spacial score (nSPS) is 12.0. The van der Waals surface area contributed by atoms with Crippen molar-refractivity contribution in [2.45, 2.75) is 11.1 Å². The maximum Gasteiger partial charge on any atom is 0.417 e. The van der Waals surface area contributed by atoms with Gasteiger partial charge in [-0.3, -0.25) is 9.10 Å². The summed E-state index contributed by atoms with van der Waals surface area (Å²) in [7, 11) is -4.16. The maximum atomic E-state index is 13.2. The van der Waals surface area contributed by atoms with Crippen LogP contribution in [0, 0.1) is 0 Å². The first kappa shape index (κ1) is 24.3. The fourth-order valence-corrected chi connectivity index (χ4v) is 4.49. The van der Waals surface area contributed by atoms with Crippen molar-refractivity contribution in [2.75, 3.05) is 10.8 Å². The summed E-state index contributed by atoms with van der Waals surface area (Å²) in [5.74, 6) is -0.866. The highest BCUT2D eigenvalue weighted by Gasteiger charge is 2.32. The first-order valence-corrected chi connectivity index (χ1v) is 11.2. The molecule has 0 aliphatic carbocycles. The minimum Gasteiger partial charge on any atom is -0.271 e. The molecule has 33 heavy (non-hydrogen) atoms. The fourth-order valence-electron chi connectivity index (χ4n) is 2.87. The van der Waals surface area contributed by atoms with Crippen LogP contribution < -0.4 is 9.73 Å². The van der Waals surface area contributed by atoms with Crippen molar-refractivity contribution >= 4 is 39.4 Å². The van der Waals surface area contributed by atoms with Gasteiger partial charge in [0.05, 0.1) is 22.4 Å². The zero-order valence-electron chi connectivity index (χ0n) is 16.8. The van der Waals surface area contributed by atoms with Crippen molar-refractivity contribution in [3.63, 3.8) is 0 Å². The van der Waals surface area contributed by atoms with Crippen LogP contribution in [-0.4, -0.2) is 27.1 Å². The van der Waals surface area contributed by atoms with Gasteiger partial charge in [0, 0.05) is 10.6 Å². The molecule has 0 spiro atoms. The Morgan fingerprint density at radius 2 is 1.67 bits per heavy atom. The van der Waals surface area contributed by atoms with Crippen molar-refractivity contribution in [1.29, 1.82) is 0 Å². The summed E-state index contributed by atoms with van der Waals surface area (Å²) in [6, 6.07) is 18.1. The molecule has 0 fully saturated rings. The Hall–Kier alpha value is -3.37. The topological polar surface area (TPSA) is 78.8 Å². The van der Waals surface area contributed by atoms with Gasteiger partial charge in [-0.25, -0.2) is 13.8 Å². The third-order valence-corrected chi connectivity index (χ3v) is 6.40. The third kappa shape index (κ3) is 6.11. The quantitative estimate of drug-likeness (QED) is 0.381. The highest BCUT2D eigenvalue weighted by molar-refractivity contribution is 7.92. The van der Waals surface area contributed by atoms with E-state index in [1.807, 2.05) is 0 Å². The molecule has 0 aliphatic rings. The zero-order chi connectivity index (χ0) is 24.1. The molecular weight excluding hydrogens is 479 g/mol. The number of halogens is 4. The van der Waals surface area contributed by atoms with Crippen molar-refractivity contribution < 1.29 is 26.4 Å². The predicted molar refractivity (Wildman–Crippen MR) is 120 cm³/mol. The Balaban J connectivity index is 1.84. The number of anilines is 1. The number of hydrogen-bond donors (Lipinski definition) is 1. The molecule has 6 nitrogen and oxygen atoms in total. The van der Waals surface area contributed by atoms with Gasteiger partial charge in [0.15, 0.2) is 0 Å². The van der Waals surface area contributed by atoms with Gasteiger partial charge in [-0.05, 0) is 36.4 Å². The van der Waals surface area contributed by atoms with Crippen molar-refractivity contribution in [1.82, 2.24) is 5.43 Å². The second-order valence-electron chi connectivity index (χ2n) is 6.68. The average molecular weight is 496 g/mol. The number of sulfonamides is 1. The molecule has 3 rings (SSSR count). The molecule has 1 amide bonds. The summed E-state index contributed by atoms with van der Waals surface area (Å²) >= 11 is 5.99. The van der Waals surface area contributed by atoms with Crippen molar-refractivity contribution in [3.05, 3.63) is 95.0 Å². The molecule has 172 valence electrons. The Morgan fingerprint density at radius 3 is 2.33 bits per heavy atom. The number of amides is 1. The lowest BCUT2D eigenvalue weighted by atomic mass is 10.1. The van der Waals surface area contributed by atoms with E-state index in [0.717, 1.165) is 16.6 Å². The van der Waals surface area contributed by atoms with Crippen LogP contribution >= 0.6 is 11.6 Å². The Bertz CT molecular complexity index is 1270. The molecule has 0 aliphatic heterocycles. The van der Waals surface area contributed by atoms with E-state index in [1.54, 1.807) is 12.1 Å². The second-order valence-corrected chi connectivity index (χ2v) is 8.98. The monoisotopic (exact) mass is 495 g/mol. The minimum atomic E-state index is -4.60. The third-order valence-electron chi connectivity index (χ3n) is 4.37. The first-order chi connectivity index (χ1) is 15.6. The number of hydrogen-bond acceptors (Lipinski definition) is 4. The van der Waals surface area contributed by atoms with Gasteiger partial charge in [0.1, 0.15) is 6.54 Å². The lowest BCUT2D eigenvalue weighted by Gasteiger charge is -2.23. The van der Waals surface area contributed by atoms with E-state index in [0.29, 0.717) is 0 Å². The van der Waals surface area contributed by atoms with Crippen LogP contribution in [0.25, 0.3) is 0 Å². The van der Waals surface area contributed by atoms with Gasteiger partial charge in [-0.2, -0.15) is 18.3 Å². The van der Waals surface area contributed by atoms with Crippen LogP contribution in [0.2, 0.25) is 5.02 Å². The molecular formula is C22H17ClF3N3O3S. The zero-order valence-corrected chi connectivity index (χ0v) is 18.4. The number of rotatable bonds is 7. The highest BCUT2D eigenvalue weighted by Crippen LogP contribution is 2.31. The Labute approximate surface area is 193 Å². The van der Waals surface area contributed by atoms with Crippen LogP contribution in [0.4, 0.5) is 18.9 Å². The van der Waals surface area contributed by atoms with Crippen LogP contribution in [0.1, 0.15) is 11.1 Å². The summed E-state index contributed by atoms with van der Waals surface area (Å²) in [6.45, 7) is -0.685. The van der Waals surface area contributed by atoms with E-state index >= 15 is 0 Å². The molecule has 3 aromatic rings. The lowest BCUT2D eigenvalue weighted by molar-refractivity contribution is -0.137. The number of benzene rings is 3. The van der Waals surface area contributed by atoms with Crippen molar-refractivity contribution in [2.24, 2.45) is 5.10 Å². The minimum absolute atomic E-state index is 0.0552. The van der Waals surface area contributed by atoms with Gasteiger partial charge < -0.3 is 0 Å².